The molecule has 0 atom stereocenters. The van der Waals surface area contributed by atoms with Crippen LogP contribution in [-0.2, 0) is 13.6 Å². The van der Waals surface area contributed by atoms with E-state index in [1.807, 2.05) is 25.2 Å². The minimum Gasteiger partial charge on any atom is -0.310 e. The molecule has 0 saturated heterocycles. The van der Waals surface area contributed by atoms with Crippen molar-refractivity contribution in [2.75, 3.05) is 0 Å². The molecule has 0 unspecified atom stereocenters. The summed E-state index contributed by atoms with van der Waals surface area (Å²) in [6.45, 7) is 0.853. The average Bonchev–Trinajstić information content (AvgIpc) is 3.14. The summed E-state index contributed by atoms with van der Waals surface area (Å²) in [5, 5.41) is 9.26. The molecule has 0 aliphatic heterocycles. The highest BCUT2D eigenvalue weighted by molar-refractivity contribution is 7.99. The van der Waals surface area contributed by atoms with E-state index in [1.54, 1.807) is 22.8 Å². The van der Waals surface area contributed by atoms with Crippen molar-refractivity contribution >= 4 is 23.4 Å². The van der Waals surface area contributed by atoms with E-state index in [9.17, 15) is 0 Å². The topological polar surface area (TPSA) is 42.7 Å². The molecule has 1 heterocycles. The fraction of sp³-hybridized carbons (Fsp3) is 0.385. The molecule has 1 fully saturated rings. The molecule has 0 radical (unpaired) electrons. The average molecular weight is 295 g/mol. The molecule has 2 aromatic rings. The number of nitrogens with zero attached hydrogens (tertiary/aromatic N) is 3. The smallest absolute Gasteiger partial charge is 0.190 e. The van der Waals surface area contributed by atoms with Gasteiger partial charge in [0.1, 0.15) is 6.33 Å². The minimum atomic E-state index is 0.687. The van der Waals surface area contributed by atoms with Crippen LogP contribution in [0.2, 0.25) is 5.02 Å². The number of aromatic nitrogens is 3. The lowest BCUT2D eigenvalue weighted by atomic mass is 10.2. The third kappa shape index (κ3) is 3.29. The fourth-order valence-electron chi connectivity index (χ4n) is 1.80. The zero-order valence-electron chi connectivity index (χ0n) is 10.6. The molecule has 4 nitrogen and oxygen atoms in total. The van der Waals surface area contributed by atoms with Crippen LogP contribution in [0.4, 0.5) is 0 Å². The van der Waals surface area contributed by atoms with Crippen LogP contribution in [0.5, 0.6) is 0 Å². The molecular weight excluding hydrogens is 280 g/mol. The number of rotatable bonds is 5. The van der Waals surface area contributed by atoms with Gasteiger partial charge >= 0.3 is 0 Å². The quantitative estimate of drug-likeness (QED) is 0.921. The van der Waals surface area contributed by atoms with E-state index in [1.165, 1.54) is 23.3 Å². The number of hydrogen-bond donors (Lipinski definition) is 1. The number of aryl methyl sites for hydroxylation is 1. The minimum absolute atomic E-state index is 0.687. The molecule has 1 saturated carbocycles. The number of hydrogen-bond acceptors (Lipinski definition) is 4. The first kappa shape index (κ1) is 13.0. The summed E-state index contributed by atoms with van der Waals surface area (Å²) in [5.74, 6) is 0. The summed E-state index contributed by atoms with van der Waals surface area (Å²) >= 11 is 7.71. The van der Waals surface area contributed by atoms with Gasteiger partial charge in [0.15, 0.2) is 5.16 Å². The third-order valence-electron chi connectivity index (χ3n) is 3.05. The lowest BCUT2D eigenvalue weighted by molar-refractivity contribution is 0.676. The zero-order chi connectivity index (χ0) is 13.2. The molecule has 1 aromatic heterocycles. The predicted molar refractivity (Wildman–Crippen MR) is 76.4 cm³/mol. The van der Waals surface area contributed by atoms with Crippen molar-refractivity contribution in [3.05, 3.63) is 35.1 Å². The Balaban J connectivity index is 1.80. The maximum absolute atomic E-state index is 6.09. The molecule has 0 bridgehead atoms. The highest BCUT2D eigenvalue weighted by atomic mass is 35.5. The van der Waals surface area contributed by atoms with Gasteiger partial charge in [-0.25, -0.2) is 9.67 Å². The summed E-state index contributed by atoms with van der Waals surface area (Å²) in [5.41, 5.74) is 1.22. The summed E-state index contributed by atoms with van der Waals surface area (Å²) in [6, 6.07) is 6.67. The maximum Gasteiger partial charge on any atom is 0.190 e. The second-order valence-electron chi connectivity index (χ2n) is 4.68. The SMILES string of the molecule is Cn1ncnc1Sc1ccc(Cl)cc1CNC1CC1. The van der Waals surface area contributed by atoms with E-state index in [-0.39, 0.29) is 0 Å². The van der Waals surface area contributed by atoms with Gasteiger partial charge < -0.3 is 5.32 Å². The molecule has 0 spiro atoms. The summed E-state index contributed by atoms with van der Waals surface area (Å²) in [7, 11) is 1.90. The Labute approximate surface area is 121 Å². The summed E-state index contributed by atoms with van der Waals surface area (Å²) in [4.78, 5) is 5.42. The van der Waals surface area contributed by atoms with Gasteiger partial charge in [-0.1, -0.05) is 11.6 Å². The van der Waals surface area contributed by atoms with Gasteiger partial charge in [-0.15, -0.1) is 0 Å². The lowest BCUT2D eigenvalue weighted by Crippen LogP contribution is -2.15. The molecule has 100 valence electrons. The van der Waals surface area contributed by atoms with Gasteiger partial charge in [-0.2, -0.15) is 5.10 Å². The Morgan fingerprint density at radius 3 is 3.00 bits per heavy atom. The molecule has 1 aliphatic rings. The van der Waals surface area contributed by atoms with E-state index in [0.29, 0.717) is 6.04 Å². The fourth-order valence-corrected chi connectivity index (χ4v) is 2.87. The molecule has 0 amide bonds. The van der Waals surface area contributed by atoms with Crippen molar-refractivity contribution in [3.8, 4) is 0 Å². The highest BCUT2D eigenvalue weighted by Gasteiger charge is 2.20. The van der Waals surface area contributed by atoms with Gasteiger partial charge in [0, 0.05) is 29.6 Å². The molecule has 1 aromatic carbocycles. The standard InChI is InChI=1S/C13H15ClN4S/c1-18-13(16-8-17-18)19-12-5-2-10(14)6-9(12)7-15-11-3-4-11/h2,5-6,8,11,15H,3-4,7H2,1H3. The van der Waals surface area contributed by atoms with Gasteiger partial charge in [-0.3, -0.25) is 0 Å². The van der Waals surface area contributed by atoms with Crippen molar-refractivity contribution in [2.24, 2.45) is 7.05 Å². The summed E-state index contributed by atoms with van der Waals surface area (Å²) in [6.07, 6.45) is 4.14. The molecular formula is C13H15ClN4S. The van der Waals surface area contributed by atoms with Crippen LogP contribution in [0.3, 0.4) is 0 Å². The van der Waals surface area contributed by atoms with E-state index < -0.39 is 0 Å². The molecule has 19 heavy (non-hydrogen) atoms. The Morgan fingerprint density at radius 2 is 2.32 bits per heavy atom. The van der Waals surface area contributed by atoms with Crippen LogP contribution in [0.25, 0.3) is 0 Å². The summed E-state index contributed by atoms with van der Waals surface area (Å²) < 4.78 is 1.78. The zero-order valence-corrected chi connectivity index (χ0v) is 12.2. The second-order valence-corrected chi connectivity index (χ2v) is 6.12. The lowest BCUT2D eigenvalue weighted by Gasteiger charge is -2.10. The van der Waals surface area contributed by atoms with Gasteiger partial charge in [0.2, 0.25) is 0 Å². The molecule has 3 rings (SSSR count). The van der Waals surface area contributed by atoms with E-state index in [0.717, 1.165) is 16.7 Å². The molecule has 1 aliphatic carbocycles. The van der Waals surface area contributed by atoms with Crippen LogP contribution in [0.1, 0.15) is 18.4 Å². The Kier molecular flexibility index (Phi) is 3.77. The highest BCUT2D eigenvalue weighted by Crippen LogP contribution is 2.31. The van der Waals surface area contributed by atoms with E-state index >= 15 is 0 Å². The van der Waals surface area contributed by atoms with Crippen molar-refractivity contribution in [1.82, 2.24) is 20.1 Å². The van der Waals surface area contributed by atoms with Crippen LogP contribution in [0.15, 0.2) is 34.6 Å². The monoisotopic (exact) mass is 294 g/mol. The molecule has 6 heteroatoms. The number of halogens is 1. The van der Waals surface area contributed by atoms with Crippen molar-refractivity contribution in [1.29, 1.82) is 0 Å². The van der Waals surface area contributed by atoms with Gasteiger partial charge in [0.25, 0.3) is 0 Å². The number of benzene rings is 1. The Bertz CT molecular complexity index is 580. The largest absolute Gasteiger partial charge is 0.310 e. The van der Waals surface area contributed by atoms with Gasteiger partial charge in [-0.05, 0) is 48.4 Å². The Morgan fingerprint density at radius 1 is 1.47 bits per heavy atom. The van der Waals surface area contributed by atoms with Crippen LogP contribution < -0.4 is 5.32 Å². The first-order valence-corrected chi connectivity index (χ1v) is 7.45. The first-order chi connectivity index (χ1) is 9.22. The Hall–Kier alpha value is -1.04. The normalized spacial score (nSPS) is 14.8. The van der Waals surface area contributed by atoms with E-state index in [2.05, 4.69) is 15.4 Å². The van der Waals surface area contributed by atoms with Crippen LogP contribution >= 0.6 is 23.4 Å². The van der Waals surface area contributed by atoms with Crippen LogP contribution in [-0.4, -0.2) is 20.8 Å². The third-order valence-corrected chi connectivity index (χ3v) is 4.46. The number of nitrogens with one attached hydrogen (secondary N) is 1. The van der Waals surface area contributed by atoms with Crippen molar-refractivity contribution < 1.29 is 0 Å². The van der Waals surface area contributed by atoms with Crippen molar-refractivity contribution in [3.63, 3.8) is 0 Å². The van der Waals surface area contributed by atoms with E-state index in [4.69, 9.17) is 11.6 Å². The second kappa shape index (κ2) is 5.53. The van der Waals surface area contributed by atoms with Crippen molar-refractivity contribution in [2.45, 2.75) is 35.5 Å². The van der Waals surface area contributed by atoms with Crippen LogP contribution in [0, 0.1) is 0 Å². The predicted octanol–water partition coefficient (Wildman–Crippen LogP) is 2.87. The first-order valence-electron chi connectivity index (χ1n) is 6.26. The maximum atomic E-state index is 6.09. The van der Waals surface area contributed by atoms with Gasteiger partial charge in [0.05, 0.1) is 0 Å². The molecule has 1 N–H and O–H groups in total.